The zero-order valence-corrected chi connectivity index (χ0v) is 8.90. The van der Waals surface area contributed by atoms with Crippen LogP contribution in [0.2, 0.25) is 0 Å². The fourth-order valence-electron chi connectivity index (χ4n) is 2.29. The van der Waals surface area contributed by atoms with Crippen molar-refractivity contribution in [3.8, 4) is 6.07 Å². The average Bonchev–Trinajstić information content (AvgIpc) is 3.01. The Labute approximate surface area is 89.1 Å². The molecule has 15 heavy (non-hydrogen) atoms. The van der Waals surface area contributed by atoms with Gasteiger partial charge < -0.3 is 4.90 Å². The number of rotatable bonds is 1. The van der Waals surface area contributed by atoms with Gasteiger partial charge in [0.15, 0.2) is 5.69 Å². The van der Waals surface area contributed by atoms with Crippen LogP contribution in [0.3, 0.4) is 0 Å². The van der Waals surface area contributed by atoms with Crippen LogP contribution >= 0.6 is 0 Å². The lowest BCUT2D eigenvalue weighted by Gasteiger charge is -2.23. The molecule has 1 saturated carbocycles. The van der Waals surface area contributed by atoms with Crippen LogP contribution < -0.4 is 0 Å². The van der Waals surface area contributed by atoms with Crippen LogP contribution in [0.4, 0.5) is 0 Å². The number of hydrogen-bond donors (Lipinski definition) is 0. The fourth-order valence-corrected chi connectivity index (χ4v) is 2.29. The summed E-state index contributed by atoms with van der Waals surface area (Å²) >= 11 is 0. The molecule has 4 heteroatoms. The molecule has 0 spiro atoms. The summed E-state index contributed by atoms with van der Waals surface area (Å²) in [4.78, 5) is 2.25. The van der Waals surface area contributed by atoms with E-state index in [1.165, 1.54) is 18.5 Å². The number of nitriles is 1. The van der Waals surface area contributed by atoms with E-state index in [1.54, 1.807) is 0 Å². The van der Waals surface area contributed by atoms with E-state index in [1.807, 2.05) is 0 Å². The summed E-state index contributed by atoms with van der Waals surface area (Å²) in [7, 11) is 2.10. The molecule has 0 amide bonds. The van der Waals surface area contributed by atoms with Crippen LogP contribution in [0, 0.1) is 11.3 Å². The zero-order valence-electron chi connectivity index (χ0n) is 8.90. The lowest BCUT2D eigenvalue weighted by atomic mass is 10.1. The second kappa shape index (κ2) is 3.07. The van der Waals surface area contributed by atoms with E-state index in [0.29, 0.717) is 11.7 Å². The van der Waals surface area contributed by atoms with Gasteiger partial charge in [-0.15, -0.1) is 0 Å². The molecule has 0 unspecified atom stereocenters. The molecule has 0 aromatic carbocycles. The largest absolute Gasteiger partial charge is 0.302 e. The van der Waals surface area contributed by atoms with Gasteiger partial charge in [-0.05, 0) is 19.9 Å². The third kappa shape index (κ3) is 1.35. The highest BCUT2D eigenvalue weighted by Crippen LogP contribution is 2.37. The summed E-state index contributed by atoms with van der Waals surface area (Å²) < 4.78 is 2.11. The van der Waals surface area contributed by atoms with Crippen molar-refractivity contribution >= 4 is 0 Å². The molecule has 1 fully saturated rings. The highest BCUT2D eigenvalue weighted by Gasteiger charge is 2.31. The van der Waals surface area contributed by atoms with Gasteiger partial charge in [0.25, 0.3) is 0 Å². The molecule has 3 rings (SSSR count). The fraction of sp³-hybridized carbons (Fsp3) is 0.636. The van der Waals surface area contributed by atoms with E-state index >= 15 is 0 Å². The van der Waals surface area contributed by atoms with Gasteiger partial charge in [0.1, 0.15) is 6.07 Å². The molecule has 1 aromatic heterocycles. The predicted octanol–water partition coefficient (Wildman–Crippen LogP) is 1.08. The predicted molar refractivity (Wildman–Crippen MR) is 55.3 cm³/mol. The van der Waals surface area contributed by atoms with Gasteiger partial charge in [0.05, 0.1) is 6.04 Å². The molecular weight excluding hydrogens is 188 g/mol. The number of nitrogens with zero attached hydrogens (tertiary/aromatic N) is 4. The Balaban J connectivity index is 2.08. The number of aromatic nitrogens is 2. The molecule has 2 heterocycles. The van der Waals surface area contributed by atoms with Crippen LogP contribution in [0.5, 0.6) is 0 Å². The van der Waals surface area contributed by atoms with Gasteiger partial charge in [-0.25, -0.2) is 0 Å². The summed E-state index contributed by atoms with van der Waals surface area (Å²) in [5.41, 5.74) is 3.12. The van der Waals surface area contributed by atoms with Crippen LogP contribution in [-0.2, 0) is 13.0 Å². The van der Waals surface area contributed by atoms with E-state index < -0.39 is 0 Å². The molecule has 0 N–H and O–H groups in total. The summed E-state index contributed by atoms with van der Waals surface area (Å²) in [5.74, 6) is 0. The molecule has 78 valence electrons. The first kappa shape index (κ1) is 8.93. The molecule has 1 aliphatic carbocycles. The first-order valence-corrected chi connectivity index (χ1v) is 5.48. The van der Waals surface area contributed by atoms with Gasteiger partial charge in [0, 0.05) is 30.8 Å². The van der Waals surface area contributed by atoms with Gasteiger partial charge in [-0.1, -0.05) is 0 Å². The lowest BCUT2D eigenvalue weighted by molar-refractivity contribution is 0.307. The molecule has 4 nitrogen and oxygen atoms in total. The van der Waals surface area contributed by atoms with E-state index in [-0.39, 0.29) is 0 Å². The maximum absolute atomic E-state index is 9.05. The minimum absolute atomic E-state index is 0.587. The SMILES string of the molecule is CN1CCc2c(c(C#N)nn2C2CC2)C1. The quantitative estimate of drug-likeness (QED) is 0.684. The van der Waals surface area contributed by atoms with Gasteiger partial charge in [-0.2, -0.15) is 10.4 Å². The second-order valence-electron chi connectivity index (χ2n) is 4.55. The first-order chi connectivity index (χ1) is 7.29. The number of fused-ring (bicyclic) bond motifs is 1. The van der Waals surface area contributed by atoms with Crippen molar-refractivity contribution in [2.45, 2.75) is 31.8 Å². The van der Waals surface area contributed by atoms with Crippen LogP contribution in [0.15, 0.2) is 0 Å². The van der Waals surface area contributed by atoms with Crippen molar-refractivity contribution in [3.63, 3.8) is 0 Å². The smallest absolute Gasteiger partial charge is 0.167 e. The summed E-state index contributed by atoms with van der Waals surface area (Å²) in [5, 5.41) is 13.5. The van der Waals surface area contributed by atoms with Crippen LogP contribution in [0.1, 0.15) is 35.8 Å². The minimum Gasteiger partial charge on any atom is -0.302 e. The van der Waals surface area contributed by atoms with E-state index in [4.69, 9.17) is 5.26 Å². The summed E-state index contributed by atoms with van der Waals surface area (Å²) in [6.45, 7) is 1.96. The third-order valence-corrected chi connectivity index (χ3v) is 3.28. The molecular formula is C11H14N4. The third-order valence-electron chi connectivity index (χ3n) is 3.28. The molecule has 0 saturated heterocycles. The maximum Gasteiger partial charge on any atom is 0.167 e. The van der Waals surface area contributed by atoms with Crippen LogP contribution in [0.25, 0.3) is 0 Å². The van der Waals surface area contributed by atoms with Gasteiger partial charge in [-0.3, -0.25) is 4.68 Å². The van der Waals surface area contributed by atoms with Crippen molar-refractivity contribution in [1.29, 1.82) is 5.26 Å². The van der Waals surface area contributed by atoms with Gasteiger partial charge in [0.2, 0.25) is 0 Å². The normalized spacial score (nSPS) is 21.1. The highest BCUT2D eigenvalue weighted by atomic mass is 15.3. The Morgan fingerprint density at radius 1 is 1.47 bits per heavy atom. The zero-order chi connectivity index (χ0) is 10.4. The molecule has 0 radical (unpaired) electrons. The standard InChI is InChI=1S/C11H14N4/c1-14-5-4-11-9(7-14)10(6-12)13-15(11)8-2-3-8/h8H,2-5,7H2,1H3. The first-order valence-electron chi connectivity index (χ1n) is 5.48. The van der Waals surface area contributed by atoms with Gasteiger partial charge >= 0.3 is 0 Å². The van der Waals surface area contributed by atoms with E-state index in [2.05, 4.69) is 27.8 Å². The average molecular weight is 202 g/mol. The number of hydrogen-bond acceptors (Lipinski definition) is 3. The molecule has 0 bridgehead atoms. The van der Waals surface area contributed by atoms with Crippen molar-refractivity contribution in [2.75, 3.05) is 13.6 Å². The Morgan fingerprint density at radius 2 is 2.27 bits per heavy atom. The molecule has 1 aliphatic heterocycles. The van der Waals surface area contributed by atoms with Crippen molar-refractivity contribution in [3.05, 3.63) is 17.0 Å². The second-order valence-corrected chi connectivity index (χ2v) is 4.55. The highest BCUT2D eigenvalue weighted by molar-refractivity contribution is 5.37. The Kier molecular flexibility index (Phi) is 1.83. The molecule has 1 aromatic rings. The minimum atomic E-state index is 0.587. The summed E-state index contributed by atoms with van der Waals surface area (Å²) in [6, 6.07) is 2.81. The Hall–Kier alpha value is -1.34. The molecule has 2 aliphatic rings. The van der Waals surface area contributed by atoms with Crippen molar-refractivity contribution in [1.82, 2.24) is 14.7 Å². The van der Waals surface area contributed by atoms with E-state index in [9.17, 15) is 0 Å². The lowest BCUT2D eigenvalue weighted by Crippen LogP contribution is -2.27. The topological polar surface area (TPSA) is 44.9 Å². The maximum atomic E-state index is 9.05. The van der Waals surface area contributed by atoms with E-state index in [0.717, 1.165) is 25.1 Å². The molecule has 0 atom stereocenters. The number of likely N-dealkylation sites (N-methyl/N-ethyl adjacent to an activating group) is 1. The Morgan fingerprint density at radius 3 is 2.93 bits per heavy atom. The van der Waals surface area contributed by atoms with Crippen LogP contribution in [-0.4, -0.2) is 28.3 Å². The monoisotopic (exact) mass is 202 g/mol. The summed E-state index contributed by atoms with van der Waals surface area (Å²) in [6.07, 6.45) is 3.50. The Bertz CT molecular complexity index is 436. The van der Waals surface area contributed by atoms with Crippen molar-refractivity contribution < 1.29 is 0 Å². The van der Waals surface area contributed by atoms with Crippen molar-refractivity contribution in [2.24, 2.45) is 0 Å².